The highest BCUT2D eigenvalue weighted by Gasteiger charge is 2.46. The number of hydrogen-bond donors (Lipinski definition) is 2. The zero-order chi connectivity index (χ0) is 28.4. The van der Waals surface area contributed by atoms with Crippen LogP contribution in [0.3, 0.4) is 0 Å². The molecule has 0 amide bonds. The highest BCUT2D eigenvalue weighted by Crippen LogP contribution is 2.49. The van der Waals surface area contributed by atoms with Crippen LogP contribution in [0, 0.1) is 0 Å². The normalized spacial score (nSPS) is 11.9. The lowest BCUT2D eigenvalue weighted by molar-refractivity contribution is 0.595. The van der Waals surface area contributed by atoms with E-state index in [1.54, 1.807) is 0 Å². The summed E-state index contributed by atoms with van der Waals surface area (Å²) in [6.07, 6.45) is 4.05. The molecule has 0 saturated heterocycles. The van der Waals surface area contributed by atoms with Crippen LogP contribution < -0.4 is 0 Å². The number of benzene rings is 4. The minimum atomic E-state index is -0.576. The van der Waals surface area contributed by atoms with Crippen LogP contribution in [-0.2, 0) is 17.9 Å². The molecule has 0 saturated carbocycles. The summed E-state index contributed by atoms with van der Waals surface area (Å²) >= 11 is 0. The third kappa shape index (κ3) is 3.82. The molecule has 42 heavy (non-hydrogen) atoms. The zero-order valence-corrected chi connectivity index (χ0v) is 23.6. The summed E-state index contributed by atoms with van der Waals surface area (Å²) < 4.78 is 2.42. The molecular weight excluding hydrogens is 510 g/mol. The Morgan fingerprint density at radius 1 is 0.381 bits per heavy atom. The molecule has 7 aromatic rings. The first-order chi connectivity index (χ1) is 20.8. The fourth-order valence-electron chi connectivity index (χ4n) is 6.97. The molecular formula is C39H33N3. The Bertz CT molecular complexity index is 1630. The van der Waals surface area contributed by atoms with Crippen LogP contribution in [0.1, 0.15) is 45.0 Å². The number of aromatic nitrogens is 3. The molecule has 4 aromatic carbocycles. The predicted molar refractivity (Wildman–Crippen MR) is 171 cm³/mol. The van der Waals surface area contributed by atoms with Gasteiger partial charge < -0.3 is 14.5 Å². The maximum Gasteiger partial charge on any atom is 0.100 e. The topological polar surface area (TPSA) is 36.5 Å². The second-order valence-electron chi connectivity index (χ2n) is 10.8. The highest BCUT2D eigenvalue weighted by molar-refractivity contribution is 5.61. The summed E-state index contributed by atoms with van der Waals surface area (Å²) in [6.45, 7) is 0. The van der Waals surface area contributed by atoms with Gasteiger partial charge >= 0.3 is 0 Å². The van der Waals surface area contributed by atoms with Gasteiger partial charge in [-0.2, -0.15) is 0 Å². The van der Waals surface area contributed by atoms with Crippen molar-refractivity contribution in [1.29, 1.82) is 0 Å². The molecule has 7 rings (SSSR count). The van der Waals surface area contributed by atoms with Crippen molar-refractivity contribution in [2.75, 3.05) is 0 Å². The molecule has 0 atom stereocenters. The predicted octanol–water partition coefficient (Wildman–Crippen LogP) is 8.45. The van der Waals surface area contributed by atoms with Gasteiger partial charge in [0.15, 0.2) is 0 Å². The zero-order valence-electron chi connectivity index (χ0n) is 23.6. The van der Waals surface area contributed by atoms with E-state index in [1.807, 2.05) is 12.4 Å². The largest absolute Gasteiger partial charge is 0.364 e. The van der Waals surface area contributed by atoms with Crippen LogP contribution in [0.5, 0.6) is 0 Å². The molecule has 0 radical (unpaired) electrons. The molecule has 3 aromatic heterocycles. The summed E-state index contributed by atoms with van der Waals surface area (Å²) in [5.41, 5.74) is 8.28. The number of H-pyrrole nitrogens is 2. The summed E-state index contributed by atoms with van der Waals surface area (Å²) in [5, 5.41) is 0. The molecule has 3 heterocycles. The summed E-state index contributed by atoms with van der Waals surface area (Å²) in [6, 6.07) is 56.6. The Morgan fingerprint density at radius 2 is 0.690 bits per heavy atom. The van der Waals surface area contributed by atoms with Crippen LogP contribution in [0.2, 0.25) is 0 Å². The second kappa shape index (κ2) is 10.6. The summed E-state index contributed by atoms with van der Waals surface area (Å²) in [7, 11) is 2.22. The Kier molecular flexibility index (Phi) is 6.48. The third-order valence-electron chi connectivity index (χ3n) is 8.72. The molecule has 0 spiro atoms. The van der Waals surface area contributed by atoms with Crippen molar-refractivity contribution in [2.24, 2.45) is 7.05 Å². The molecule has 204 valence electrons. The van der Waals surface area contributed by atoms with Crippen molar-refractivity contribution in [3.63, 3.8) is 0 Å². The van der Waals surface area contributed by atoms with Crippen LogP contribution in [0.15, 0.2) is 170 Å². The average molecular weight is 544 g/mol. The summed E-state index contributed by atoms with van der Waals surface area (Å²) in [4.78, 5) is 7.24. The fourth-order valence-corrected chi connectivity index (χ4v) is 6.97. The van der Waals surface area contributed by atoms with Crippen molar-refractivity contribution < 1.29 is 0 Å². The van der Waals surface area contributed by atoms with Gasteiger partial charge in [0.05, 0.1) is 0 Å². The first-order valence-electron chi connectivity index (χ1n) is 14.4. The average Bonchev–Trinajstić information content (AvgIpc) is 3.86. The van der Waals surface area contributed by atoms with E-state index >= 15 is 0 Å². The SMILES string of the molecule is Cn1c(C(c2ccccc2)(c2ccccc2)c2ccc[nH]2)ccc1C(c1ccccc1)(c1ccccc1)c1ccc[nH]1. The molecule has 0 fully saturated rings. The van der Waals surface area contributed by atoms with Crippen molar-refractivity contribution >= 4 is 0 Å². The maximum absolute atomic E-state index is 3.62. The van der Waals surface area contributed by atoms with E-state index in [0.29, 0.717) is 0 Å². The Labute approximate surface area is 247 Å². The van der Waals surface area contributed by atoms with Crippen molar-refractivity contribution in [2.45, 2.75) is 10.8 Å². The van der Waals surface area contributed by atoms with E-state index in [1.165, 1.54) is 33.6 Å². The van der Waals surface area contributed by atoms with E-state index in [-0.39, 0.29) is 0 Å². The lowest BCUT2D eigenvalue weighted by Gasteiger charge is -2.38. The Balaban J connectivity index is 1.60. The molecule has 0 bridgehead atoms. The van der Waals surface area contributed by atoms with Gasteiger partial charge in [0.25, 0.3) is 0 Å². The van der Waals surface area contributed by atoms with Gasteiger partial charge in [-0.1, -0.05) is 121 Å². The van der Waals surface area contributed by atoms with Crippen LogP contribution in [-0.4, -0.2) is 14.5 Å². The highest BCUT2D eigenvalue weighted by atomic mass is 15.0. The van der Waals surface area contributed by atoms with Crippen LogP contribution in [0.4, 0.5) is 0 Å². The minimum absolute atomic E-state index is 0.576. The van der Waals surface area contributed by atoms with Crippen molar-refractivity contribution in [3.8, 4) is 0 Å². The third-order valence-corrected chi connectivity index (χ3v) is 8.72. The van der Waals surface area contributed by atoms with E-state index in [0.717, 1.165) is 11.4 Å². The number of nitrogens with one attached hydrogen (secondary N) is 2. The van der Waals surface area contributed by atoms with Gasteiger partial charge in [0.1, 0.15) is 10.8 Å². The maximum atomic E-state index is 3.62. The van der Waals surface area contributed by atoms with E-state index in [2.05, 4.69) is 179 Å². The summed E-state index contributed by atoms with van der Waals surface area (Å²) in [5.74, 6) is 0. The fraction of sp³-hybridized carbons (Fsp3) is 0.0769. The van der Waals surface area contributed by atoms with Crippen molar-refractivity contribution in [1.82, 2.24) is 14.5 Å². The van der Waals surface area contributed by atoms with E-state index in [4.69, 9.17) is 0 Å². The number of hydrogen-bond acceptors (Lipinski definition) is 0. The van der Waals surface area contributed by atoms with Crippen LogP contribution >= 0.6 is 0 Å². The molecule has 0 aliphatic carbocycles. The lowest BCUT2D eigenvalue weighted by atomic mass is 9.69. The van der Waals surface area contributed by atoms with Gasteiger partial charge in [0, 0.05) is 42.2 Å². The van der Waals surface area contributed by atoms with Gasteiger partial charge in [-0.25, -0.2) is 0 Å². The first kappa shape index (κ1) is 25.7. The smallest absolute Gasteiger partial charge is 0.100 e. The second-order valence-corrected chi connectivity index (χ2v) is 10.8. The monoisotopic (exact) mass is 543 g/mol. The first-order valence-corrected chi connectivity index (χ1v) is 14.4. The number of nitrogens with zero attached hydrogens (tertiary/aromatic N) is 1. The van der Waals surface area contributed by atoms with Crippen molar-refractivity contribution in [3.05, 3.63) is 215 Å². The number of rotatable bonds is 8. The van der Waals surface area contributed by atoms with Gasteiger partial charge in [-0.3, -0.25) is 0 Å². The lowest BCUT2D eigenvalue weighted by Crippen LogP contribution is -2.37. The molecule has 0 unspecified atom stereocenters. The standard InChI is InChI=1S/C39H33N3/c1-42-36(38(34-24-14-28-40-34,30-16-6-2-7-17-30)31-18-8-3-9-19-31)26-27-37(42)39(35-25-15-29-41-35,32-20-10-4-11-21-32)33-22-12-5-13-23-33/h2-29,40-41H,1H3. The molecule has 3 heteroatoms. The van der Waals surface area contributed by atoms with E-state index in [9.17, 15) is 0 Å². The molecule has 0 aliphatic heterocycles. The van der Waals surface area contributed by atoms with E-state index < -0.39 is 10.8 Å². The minimum Gasteiger partial charge on any atom is -0.364 e. The van der Waals surface area contributed by atoms with Gasteiger partial charge in [-0.15, -0.1) is 0 Å². The number of aromatic amines is 2. The molecule has 0 aliphatic rings. The quantitative estimate of drug-likeness (QED) is 0.193. The molecule has 2 N–H and O–H groups in total. The Hall–Kier alpha value is -5.28. The molecule has 3 nitrogen and oxygen atoms in total. The van der Waals surface area contributed by atoms with Crippen LogP contribution in [0.25, 0.3) is 0 Å². The van der Waals surface area contributed by atoms with Gasteiger partial charge in [-0.05, 0) is 58.7 Å². The Morgan fingerprint density at radius 3 is 0.952 bits per heavy atom. The van der Waals surface area contributed by atoms with Gasteiger partial charge in [0.2, 0.25) is 0 Å².